The molecule has 0 aromatic heterocycles. The lowest BCUT2D eigenvalue weighted by molar-refractivity contribution is 2.68. The van der Waals surface area contributed by atoms with Crippen LogP contribution in [0.2, 0.25) is 0 Å². The van der Waals surface area contributed by atoms with Crippen LogP contribution in [0.1, 0.15) is 0 Å². The van der Waals surface area contributed by atoms with Gasteiger partial charge in [0.25, 0.3) is 0 Å². The van der Waals surface area contributed by atoms with Gasteiger partial charge >= 0.3 is 0 Å². The van der Waals surface area contributed by atoms with E-state index in [0.29, 0.717) is 0 Å². The molecule has 0 aliphatic carbocycles. The van der Waals surface area contributed by atoms with Gasteiger partial charge in [0.15, 0.2) is 0 Å². The summed E-state index contributed by atoms with van der Waals surface area (Å²) in [7, 11) is 2.34. The Balaban J connectivity index is -0.0000000200. The van der Waals surface area contributed by atoms with Crippen molar-refractivity contribution in [2.45, 2.75) is 0 Å². The van der Waals surface area contributed by atoms with Crippen molar-refractivity contribution in [2.24, 2.45) is 0 Å². The third-order valence-electron chi connectivity index (χ3n) is 0. The van der Waals surface area contributed by atoms with Gasteiger partial charge < -0.3 is 0 Å². The Hall–Kier alpha value is 0.750. The van der Waals surface area contributed by atoms with Gasteiger partial charge in [-0.2, -0.15) is 0 Å². The maximum absolute atomic E-state index is 3.32. The van der Waals surface area contributed by atoms with E-state index in [0.717, 1.165) is 0 Å². The van der Waals surface area contributed by atoms with Crippen LogP contribution in [0.3, 0.4) is 0 Å². The lowest BCUT2D eigenvalue weighted by Gasteiger charge is -1.32. The van der Waals surface area contributed by atoms with Gasteiger partial charge in [-0.1, -0.05) is 12.4 Å². The van der Waals surface area contributed by atoms with Gasteiger partial charge in [0.2, 0.25) is 0 Å². The van der Waals surface area contributed by atoms with Crippen molar-refractivity contribution in [1.82, 2.24) is 0 Å². The third-order valence-corrected chi connectivity index (χ3v) is 0. The van der Waals surface area contributed by atoms with E-state index in [-0.39, 0.29) is 24.8 Å². The van der Waals surface area contributed by atoms with E-state index in [9.17, 15) is 0 Å². The molecule has 0 saturated heterocycles. The van der Waals surface area contributed by atoms with E-state index >= 15 is 0 Å². The molecule has 0 nitrogen and oxygen atoms in total. The highest BCUT2D eigenvalue weighted by Crippen LogP contribution is 1.69. The highest BCUT2D eigenvalue weighted by atomic mass is 35.5. The summed E-state index contributed by atoms with van der Waals surface area (Å²) < 4.78 is 0. The fourth-order valence-corrected chi connectivity index (χ4v) is 0. The van der Waals surface area contributed by atoms with E-state index < -0.39 is 0 Å². The normalized spacial score (nSPS) is 2.60. The molecule has 0 N–H and O–H groups in total. The predicted molar refractivity (Wildman–Crippen MR) is 34.4 cm³/mol. The largest absolute Gasteiger partial charge is 0.147 e. The Kier molecular flexibility index (Phi) is 74.8. The summed E-state index contributed by atoms with van der Waals surface area (Å²) in [5, 5.41) is 0. The lowest BCUT2D eigenvalue weighted by Crippen LogP contribution is -0.892. The average molecular weight is 133 g/mol. The fourth-order valence-electron chi connectivity index (χ4n) is 0. The monoisotopic (exact) mass is 132 g/mol. The Morgan fingerprint density at radius 2 is 1.40 bits per heavy atom. The van der Waals surface area contributed by atoms with E-state index in [1.54, 1.807) is 5.82 Å². The van der Waals surface area contributed by atoms with E-state index in [1.165, 1.54) is 0 Å². The van der Waals surface area contributed by atoms with Crippen LogP contribution in [0.5, 0.6) is 0 Å². The van der Waals surface area contributed by atoms with Gasteiger partial charge in [0.05, 0.1) is 0 Å². The van der Waals surface area contributed by atoms with E-state index in [2.05, 4.69) is 15.8 Å². The minimum atomic E-state index is 0. The summed E-state index contributed by atoms with van der Waals surface area (Å²) in [4.78, 5) is 0. The van der Waals surface area contributed by atoms with Crippen molar-refractivity contribution in [3.8, 4) is 0 Å². The van der Waals surface area contributed by atoms with Crippen LogP contribution < -0.4 is 0 Å². The molecule has 0 radical (unpaired) electrons. The zero-order chi connectivity index (χ0) is 2.71. The molecular formula is C2H7Cl2P. The number of halogens is 2. The second kappa shape index (κ2) is 21.8. The Bertz CT molecular complexity index is 15.1. The van der Waals surface area contributed by atoms with E-state index in [1.807, 2.05) is 0 Å². The molecule has 0 aromatic rings. The molecule has 0 spiro atoms. The first kappa shape index (κ1) is 17.2. The van der Waals surface area contributed by atoms with Gasteiger partial charge in [-0.25, -0.2) is 0 Å². The van der Waals surface area contributed by atoms with Crippen molar-refractivity contribution < 1.29 is 0 Å². The molecule has 1 unspecified atom stereocenters. The number of rotatable bonds is 0. The second-order valence-corrected chi connectivity index (χ2v) is 0.707. The molecule has 0 rings (SSSR count). The number of hydrogen-bond acceptors (Lipinski definition) is 0. The highest BCUT2D eigenvalue weighted by Gasteiger charge is 1.13. The van der Waals surface area contributed by atoms with Crippen molar-refractivity contribution in [1.29, 1.82) is 0 Å². The molecule has 0 saturated carbocycles. The van der Waals surface area contributed by atoms with Crippen molar-refractivity contribution in [3.63, 3.8) is 0 Å². The first-order chi connectivity index (χ1) is 1.41. The van der Waals surface area contributed by atoms with Crippen LogP contribution in [0.15, 0.2) is 12.4 Å². The van der Waals surface area contributed by atoms with Crippen molar-refractivity contribution >= 4 is 34.1 Å². The maximum Gasteiger partial charge on any atom is -0.0735 e. The maximum atomic E-state index is 3.32. The topological polar surface area (TPSA) is 0 Å². The van der Waals surface area contributed by atoms with Gasteiger partial charge in [-0.15, -0.1) is 34.1 Å². The Morgan fingerprint density at radius 3 is 1.40 bits per heavy atom. The van der Waals surface area contributed by atoms with Crippen LogP contribution in [0.25, 0.3) is 0 Å². The van der Waals surface area contributed by atoms with Crippen LogP contribution in [-0.2, 0) is 0 Å². The molecule has 3 heteroatoms. The summed E-state index contributed by atoms with van der Waals surface area (Å²) in [6.45, 7) is 3.32. The van der Waals surface area contributed by atoms with Gasteiger partial charge in [0.1, 0.15) is 0 Å². The van der Waals surface area contributed by atoms with Crippen molar-refractivity contribution in [2.75, 3.05) is 0 Å². The zero-order valence-electron chi connectivity index (χ0n) is 2.68. The molecule has 0 heterocycles. The fraction of sp³-hybridized carbons (Fsp3) is 0. The third kappa shape index (κ3) is 63.9. The second-order valence-electron chi connectivity index (χ2n) is 0.236. The summed E-state index contributed by atoms with van der Waals surface area (Å²) in [5.74, 6) is 1.67. The zero-order valence-corrected chi connectivity index (χ0v) is 5.47. The average Bonchev–Trinajstić information content (AvgIpc) is 0.918. The molecule has 0 amide bonds. The van der Waals surface area contributed by atoms with Gasteiger partial charge in [-0.05, 0) is 0 Å². The Labute approximate surface area is 47.1 Å². The molecule has 0 bridgehead atoms. The molecule has 5 heavy (non-hydrogen) atoms. The summed E-state index contributed by atoms with van der Waals surface area (Å²) in [5.41, 5.74) is 0. The van der Waals surface area contributed by atoms with Crippen LogP contribution >= 0.6 is 34.1 Å². The summed E-state index contributed by atoms with van der Waals surface area (Å²) in [6.07, 6.45) is 0. The SMILES string of the molecule is C=CP.Cl.Cl. The molecule has 0 aliphatic heterocycles. The predicted octanol–water partition coefficient (Wildman–Crippen LogP) is 1.85. The van der Waals surface area contributed by atoms with Crippen LogP contribution in [-0.4, -0.2) is 0 Å². The van der Waals surface area contributed by atoms with E-state index in [4.69, 9.17) is 0 Å². The first-order valence-electron chi connectivity index (χ1n) is 0.742. The smallest absolute Gasteiger partial charge is 0.0735 e. The standard InChI is InChI=1S/C2H5P.2ClH/c1-2-3;;/h2H,1,3H2;2*1H. The Morgan fingerprint density at radius 1 is 1.40 bits per heavy atom. The van der Waals surface area contributed by atoms with Crippen LogP contribution in [0, 0.1) is 0 Å². The minimum absolute atomic E-state index is 0. The first-order valence-corrected chi connectivity index (χ1v) is 1.41. The minimum Gasteiger partial charge on any atom is -0.147 e. The lowest BCUT2D eigenvalue weighted by atomic mass is 11.3. The molecule has 0 fully saturated rings. The summed E-state index contributed by atoms with van der Waals surface area (Å²) >= 11 is 0. The quantitative estimate of drug-likeness (QED) is 0.442. The van der Waals surface area contributed by atoms with Crippen LogP contribution in [0.4, 0.5) is 0 Å². The molecule has 1 atom stereocenters. The molecule has 0 aliphatic rings. The summed E-state index contributed by atoms with van der Waals surface area (Å²) in [6, 6.07) is 0. The molecular weight excluding hydrogens is 126 g/mol. The van der Waals surface area contributed by atoms with Crippen molar-refractivity contribution in [3.05, 3.63) is 12.4 Å². The molecule has 0 aromatic carbocycles. The van der Waals surface area contributed by atoms with Gasteiger partial charge in [0, 0.05) is 0 Å². The van der Waals surface area contributed by atoms with Gasteiger partial charge in [-0.3, -0.25) is 0 Å². The molecule has 34 valence electrons. The highest BCUT2D eigenvalue weighted by molar-refractivity contribution is 7.20. The number of hydrogen-bond donors (Lipinski definition) is 0.